The van der Waals surface area contributed by atoms with Crippen molar-refractivity contribution in [3.05, 3.63) is 60.2 Å². The molecule has 0 spiro atoms. The number of hydrogen-bond acceptors (Lipinski definition) is 7. The largest absolute Gasteiger partial charge is 0.339 e. The number of piperazine rings is 1. The van der Waals surface area contributed by atoms with Gasteiger partial charge in [-0.1, -0.05) is 48.2 Å². The summed E-state index contributed by atoms with van der Waals surface area (Å²) in [6.07, 6.45) is 2.71. The number of fused-ring (bicyclic) bond motifs is 3. The molecule has 5 rings (SSSR count). The molecule has 0 aliphatic carbocycles. The number of nitrogens with zero attached hydrogens (tertiary/aromatic N) is 5. The van der Waals surface area contributed by atoms with Crippen LogP contribution in [0.4, 0.5) is 5.69 Å². The molecule has 0 N–H and O–H groups in total. The van der Waals surface area contributed by atoms with E-state index in [0.717, 1.165) is 22.8 Å². The number of sulfonamides is 1. The molecule has 0 bridgehead atoms. The minimum Gasteiger partial charge on any atom is -0.339 e. The molecule has 1 fully saturated rings. The highest BCUT2D eigenvalue weighted by atomic mass is 32.2. The molecule has 3 heterocycles. The number of hydrazone groups is 1. The number of thioether (sulfide) groups is 1. The van der Waals surface area contributed by atoms with Gasteiger partial charge in [0.05, 0.1) is 22.4 Å². The molecule has 166 valence electrons. The van der Waals surface area contributed by atoms with Gasteiger partial charge in [-0.3, -0.25) is 4.79 Å². The average molecular weight is 470 g/mol. The molecule has 8 nitrogen and oxygen atoms in total. The van der Waals surface area contributed by atoms with Crippen molar-refractivity contribution in [2.45, 2.75) is 17.4 Å². The Morgan fingerprint density at radius 2 is 1.72 bits per heavy atom. The molecule has 3 aliphatic heterocycles. The van der Waals surface area contributed by atoms with Gasteiger partial charge in [-0.25, -0.2) is 18.4 Å². The van der Waals surface area contributed by atoms with Gasteiger partial charge in [0.2, 0.25) is 15.9 Å². The van der Waals surface area contributed by atoms with Crippen molar-refractivity contribution in [3.63, 3.8) is 0 Å². The Hall–Kier alpha value is -2.69. The van der Waals surface area contributed by atoms with Crippen molar-refractivity contribution in [3.8, 4) is 0 Å². The number of amides is 1. The highest BCUT2D eigenvalue weighted by Gasteiger charge is 2.34. The van der Waals surface area contributed by atoms with E-state index < -0.39 is 10.0 Å². The first-order valence-corrected chi connectivity index (χ1v) is 12.9. The molecule has 0 aromatic heterocycles. The lowest BCUT2D eigenvalue weighted by Gasteiger charge is -2.34. The summed E-state index contributed by atoms with van der Waals surface area (Å²) in [5, 5.41) is 7.07. The van der Waals surface area contributed by atoms with Gasteiger partial charge in [0, 0.05) is 44.4 Å². The molecule has 32 heavy (non-hydrogen) atoms. The Morgan fingerprint density at radius 1 is 1.00 bits per heavy atom. The fourth-order valence-corrected chi connectivity index (χ4v) is 6.47. The van der Waals surface area contributed by atoms with Crippen molar-refractivity contribution in [1.29, 1.82) is 0 Å². The van der Waals surface area contributed by atoms with Crippen LogP contribution >= 0.6 is 11.8 Å². The Morgan fingerprint density at radius 3 is 2.50 bits per heavy atom. The fraction of sp³-hybridized carbons (Fsp3) is 0.318. The third-order valence-electron chi connectivity index (χ3n) is 5.83. The van der Waals surface area contributed by atoms with E-state index in [-0.39, 0.29) is 22.6 Å². The molecule has 1 atom stereocenters. The summed E-state index contributed by atoms with van der Waals surface area (Å²) in [7, 11) is -3.53. The molecular formula is C22H23N5O3S2. The first-order chi connectivity index (χ1) is 15.5. The Labute approximate surface area is 191 Å². The van der Waals surface area contributed by atoms with E-state index in [1.807, 2.05) is 29.4 Å². The zero-order valence-corrected chi connectivity index (χ0v) is 19.0. The zero-order chi connectivity index (χ0) is 22.1. The quantitative estimate of drug-likeness (QED) is 0.687. The molecule has 1 amide bonds. The van der Waals surface area contributed by atoms with E-state index in [0.29, 0.717) is 26.2 Å². The van der Waals surface area contributed by atoms with Gasteiger partial charge in [-0.05, 0) is 18.2 Å². The van der Waals surface area contributed by atoms with E-state index in [2.05, 4.69) is 11.2 Å². The van der Waals surface area contributed by atoms with Crippen LogP contribution in [0.3, 0.4) is 0 Å². The number of carbonyl (C=O) groups excluding carboxylic acids is 1. The maximum absolute atomic E-state index is 12.8. The second kappa shape index (κ2) is 8.68. The molecule has 2 aromatic carbocycles. The predicted molar refractivity (Wildman–Crippen MR) is 125 cm³/mol. The minimum absolute atomic E-state index is 0.0203. The van der Waals surface area contributed by atoms with E-state index >= 15 is 0 Å². The summed E-state index contributed by atoms with van der Waals surface area (Å²) in [5.41, 5.74) is 2.07. The second-order valence-corrected chi connectivity index (χ2v) is 10.6. The first kappa shape index (κ1) is 21.2. The van der Waals surface area contributed by atoms with E-state index in [4.69, 9.17) is 4.99 Å². The number of aliphatic imine (C=N–C) groups is 1. The summed E-state index contributed by atoms with van der Waals surface area (Å²) < 4.78 is 27.0. The lowest BCUT2D eigenvalue weighted by molar-refractivity contribution is -0.129. The normalized spacial score (nSPS) is 20.6. The highest BCUT2D eigenvalue weighted by molar-refractivity contribution is 8.14. The van der Waals surface area contributed by atoms with E-state index in [9.17, 15) is 13.2 Å². The van der Waals surface area contributed by atoms with Crippen LogP contribution in [0.5, 0.6) is 0 Å². The van der Waals surface area contributed by atoms with Gasteiger partial charge < -0.3 is 4.90 Å². The minimum atomic E-state index is -3.53. The van der Waals surface area contributed by atoms with Crippen LogP contribution in [0.2, 0.25) is 0 Å². The molecule has 0 saturated carbocycles. The van der Waals surface area contributed by atoms with Crippen LogP contribution in [-0.2, 0) is 14.8 Å². The number of para-hydroxylation sites is 1. The summed E-state index contributed by atoms with van der Waals surface area (Å²) in [6.45, 7) is 1.34. The SMILES string of the molecule is O=C(CSC1=Nc2ccccc2C2CC=NN12)N1CCN(S(=O)(=O)c2ccccc2)CC1. The summed E-state index contributed by atoms with van der Waals surface area (Å²) in [4.78, 5) is 19.6. The van der Waals surface area contributed by atoms with Gasteiger partial charge in [-0.2, -0.15) is 9.41 Å². The number of carbonyl (C=O) groups is 1. The molecule has 1 unspecified atom stereocenters. The standard InChI is InChI=1S/C22H23N5O3S2/c28-21(25-12-14-26(15-13-25)32(29,30)17-6-2-1-3-7-17)16-31-22-24-19-9-5-4-8-18(19)20-10-11-23-27(20)22/h1-9,11,20H,10,12-16H2. The Balaban J connectivity index is 1.20. The third-order valence-corrected chi connectivity index (χ3v) is 8.68. The molecular weight excluding hydrogens is 446 g/mol. The van der Waals surface area contributed by atoms with Gasteiger partial charge in [0.1, 0.15) is 0 Å². The van der Waals surface area contributed by atoms with Crippen LogP contribution in [0, 0.1) is 0 Å². The van der Waals surface area contributed by atoms with Crippen molar-refractivity contribution < 1.29 is 13.2 Å². The van der Waals surface area contributed by atoms with Gasteiger partial charge in [0.15, 0.2) is 5.17 Å². The summed E-state index contributed by atoms with van der Waals surface area (Å²) in [6, 6.07) is 16.6. The Bertz CT molecular complexity index is 1180. The number of amidine groups is 1. The topological polar surface area (TPSA) is 85.7 Å². The fourth-order valence-electron chi connectivity index (χ4n) is 4.12. The lowest BCUT2D eigenvalue weighted by Crippen LogP contribution is -2.51. The Kier molecular flexibility index (Phi) is 5.75. The van der Waals surface area contributed by atoms with Crippen LogP contribution < -0.4 is 0 Å². The molecule has 1 saturated heterocycles. The lowest BCUT2D eigenvalue weighted by atomic mass is 10.0. The number of rotatable bonds is 4. The average Bonchev–Trinajstić information content (AvgIpc) is 3.33. The van der Waals surface area contributed by atoms with Crippen LogP contribution in [0.15, 0.2) is 69.6 Å². The van der Waals surface area contributed by atoms with Crippen LogP contribution in [-0.4, -0.2) is 71.9 Å². The first-order valence-electron chi connectivity index (χ1n) is 10.5. The smallest absolute Gasteiger partial charge is 0.243 e. The van der Waals surface area contributed by atoms with Crippen molar-refractivity contribution >= 4 is 44.8 Å². The van der Waals surface area contributed by atoms with Crippen LogP contribution in [0.25, 0.3) is 0 Å². The van der Waals surface area contributed by atoms with Crippen molar-refractivity contribution in [1.82, 2.24) is 14.2 Å². The summed E-state index contributed by atoms with van der Waals surface area (Å²) in [5.74, 6) is 0.221. The highest BCUT2D eigenvalue weighted by Crippen LogP contribution is 2.40. The second-order valence-electron chi connectivity index (χ2n) is 7.73. The monoisotopic (exact) mass is 469 g/mol. The zero-order valence-electron chi connectivity index (χ0n) is 17.4. The van der Waals surface area contributed by atoms with Crippen molar-refractivity contribution in [2.24, 2.45) is 10.1 Å². The number of benzene rings is 2. The number of hydrogen-bond donors (Lipinski definition) is 0. The summed E-state index contributed by atoms with van der Waals surface area (Å²) >= 11 is 1.38. The van der Waals surface area contributed by atoms with Gasteiger partial charge in [0.25, 0.3) is 0 Å². The molecule has 10 heteroatoms. The maximum atomic E-state index is 12.8. The third kappa shape index (κ3) is 3.94. The molecule has 0 radical (unpaired) electrons. The van der Waals surface area contributed by atoms with E-state index in [1.165, 1.54) is 16.1 Å². The van der Waals surface area contributed by atoms with E-state index in [1.54, 1.807) is 35.2 Å². The van der Waals surface area contributed by atoms with Crippen LogP contribution in [0.1, 0.15) is 18.0 Å². The van der Waals surface area contributed by atoms with Gasteiger partial charge >= 0.3 is 0 Å². The molecule has 3 aliphatic rings. The maximum Gasteiger partial charge on any atom is 0.243 e. The predicted octanol–water partition coefficient (Wildman–Crippen LogP) is 2.69. The van der Waals surface area contributed by atoms with Gasteiger partial charge in [-0.15, -0.1) is 0 Å². The van der Waals surface area contributed by atoms with Crippen molar-refractivity contribution in [2.75, 3.05) is 31.9 Å². The molecule has 2 aromatic rings.